The Labute approximate surface area is 892 Å². The predicted octanol–water partition coefficient (Wildman–Crippen LogP) is 43.5. The summed E-state index contributed by atoms with van der Waals surface area (Å²) in [6.07, 6.45) is 64.3. The number of nitrogens with zero attached hydrogens (tertiary/aromatic N) is 8. The number of allylic oxidation sites excluding steroid dienone is 8. The molecule has 142 heavy (non-hydrogen) atoms. The van der Waals surface area contributed by atoms with E-state index in [1.165, 1.54) is 289 Å². The van der Waals surface area contributed by atoms with E-state index in [-0.39, 0.29) is 20.9 Å². The third-order valence-electron chi connectivity index (χ3n) is 27.9. The monoisotopic (exact) mass is 2200 g/mol. The van der Waals surface area contributed by atoms with Crippen molar-refractivity contribution in [3.05, 3.63) is 201 Å². The number of fused-ring (bicyclic) bond motifs is 2. The summed E-state index contributed by atoms with van der Waals surface area (Å²) in [5, 5.41) is 39.3. The number of aryl methyl sites for hydroxylation is 5. The molecule has 0 saturated carbocycles. The quantitative estimate of drug-likeness (QED) is 0.0124. The zero-order valence-electron chi connectivity index (χ0n) is 85.2. The minimum absolute atomic E-state index is 0.00876. The fourth-order valence-electron chi connectivity index (χ4n) is 20.1. The summed E-state index contributed by atoms with van der Waals surface area (Å²) in [5.41, 5.74) is -0.754. The SMILES string of the molecule is CCCCCCCCCCCCc1cc(C)sc1-c1ccc(-c2ccc(-c3s[c]([Sn]([CH2]CCC)([CH2]CCC)[CH2]CCC)cc3CCCCCCCCCCCC)s2)s1.[C-]#[N+]/C(C#N)=C1\c2sc(-c3cc(CCCCCCCCCCCC)c(-c4ccc(-c5ccc(-c6sc(-c7cc8c(s7)/C(=C(\C#N)[N+]#[C-])C(F)(F)/C8=C(/C#N)[N+]#[C-])cc6CCCCCCCCCCCC)s5)s4)s3)cc2/C(=C(/C#N)[N+]#[C-])C1(F)F. The van der Waals surface area contributed by atoms with Crippen molar-refractivity contribution in [2.75, 3.05) is 0 Å². The third kappa shape index (κ3) is 30.6. The van der Waals surface area contributed by atoms with Crippen LogP contribution in [0, 0.1) is 78.5 Å². The molecule has 0 N–H and O–H groups in total. The summed E-state index contributed by atoms with van der Waals surface area (Å²) in [5.74, 6) is -7.76. The molecule has 23 heteroatoms. The maximum atomic E-state index is 16.2. The molecule has 0 bridgehead atoms. The van der Waals surface area contributed by atoms with Gasteiger partial charge in [-0.15, -0.1) is 68.0 Å². The molecule has 2 aliphatic rings. The van der Waals surface area contributed by atoms with Gasteiger partial charge in [0.05, 0.1) is 61.7 Å². The van der Waals surface area contributed by atoms with Crippen molar-refractivity contribution in [3.8, 4) is 102 Å². The van der Waals surface area contributed by atoms with Crippen molar-refractivity contribution >= 4 is 157 Å². The normalized spacial score (nSPS) is 14.4. The zero-order chi connectivity index (χ0) is 101. The Morgan fingerprint density at radius 1 is 0.261 bits per heavy atom. The number of halogens is 4. The number of nitriles is 4. The molecular weight excluding hydrogens is 2060 g/mol. The van der Waals surface area contributed by atoms with Crippen LogP contribution in [0.15, 0.2) is 108 Å². The van der Waals surface area contributed by atoms with E-state index in [0.29, 0.717) is 9.75 Å². The molecule has 0 radical (unpaired) electrons. The Morgan fingerprint density at radius 3 is 0.761 bits per heavy atom. The fraction of sp³-hybridized carbons (Fsp3) is 0.529. The van der Waals surface area contributed by atoms with Crippen LogP contribution in [0.2, 0.25) is 13.3 Å². The molecule has 8 nitrogen and oxygen atoms in total. The van der Waals surface area contributed by atoms with Crippen molar-refractivity contribution in [2.24, 2.45) is 0 Å². The van der Waals surface area contributed by atoms with Crippen LogP contribution in [0.1, 0.15) is 392 Å². The van der Waals surface area contributed by atoms with E-state index in [9.17, 15) is 21.0 Å². The van der Waals surface area contributed by atoms with Crippen LogP contribution in [-0.2, 0) is 25.7 Å². The van der Waals surface area contributed by atoms with Crippen molar-refractivity contribution in [1.29, 1.82) is 21.0 Å². The van der Waals surface area contributed by atoms with Crippen LogP contribution in [0.25, 0.3) is 120 Å². The Hall–Kier alpha value is -7.60. The first-order chi connectivity index (χ1) is 69.3. The smallest absolute Gasteiger partial charge is 0.226 e. The molecule has 10 heterocycles. The van der Waals surface area contributed by atoms with Crippen LogP contribution < -0.4 is 2.89 Å². The van der Waals surface area contributed by atoms with Crippen molar-refractivity contribution in [3.63, 3.8) is 0 Å². The van der Waals surface area contributed by atoms with Crippen molar-refractivity contribution < 1.29 is 17.6 Å². The molecule has 0 fully saturated rings. The van der Waals surface area contributed by atoms with Gasteiger partial charge in [-0.05, 0) is 110 Å². The minimum Gasteiger partial charge on any atom is -0.226 e. The van der Waals surface area contributed by atoms with Gasteiger partial charge < -0.3 is 0 Å². The fourth-order valence-corrected chi connectivity index (χ4v) is 51.4. The van der Waals surface area contributed by atoms with E-state index in [1.54, 1.807) is 121 Å². The first-order valence-corrected chi connectivity index (χ1v) is 68.9. The average molecular weight is 2200 g/mol. The third-order valence-corrected chi connectivity index (χ3v) is 58.9. The Kier molecular flexibility index (Phi) is 48.5. The molecule has 10 aromatic rings. The van der Waals surface area contributed by atoms with Gasteiger partial charge in [0, 0.05) is 69.7 Å². The van der Waals surface area contributed by atoms with Crippen molar-refractivity contribution in [1.82, 2.24) is 0 Å². The second-order valence-electron chi connectivity index (χ2n) is 38.7. The maximum Gasteiger partial charge on any atom is 0.284 e. The first-order valence-electron chi connectivity index (χ1n) is 53.3. The van der Waals surface area contributed by atoms with Crippen LogP contribution >= 0.6 is 113 Å². The molecular formula is C119H144F4N8S10Sn. The number of hydrogen-bond acceptors (Lipinski definition) is 14. The molecule has 10 aromatic heterocycles. The van der Waals surface area contributed by atoms with E-state index < -0.39 is 75.3 Å². The molecule has 752 valence electrons. The van der Waals surface area contributed by atoms with E-state index >= 15 is 17.6 Å². The molecule has 2 aliphatic carbocycles. The summed E-state index contributed by atoms with van der Waals surface area (Å²) in [6.45, 7) is 49.0. The van der Waals surface area contributed by atoms with Crippen LogP contribution in [0.4, 0.5) is 17.6 Å². The number of alkyl halides is 4. The average Bonchev–Trinajstić information content (AvgIpc) is 1.56. The van der Waals surface area contributed by atoms with Gasteiger partial charge in [-0.2, -0.15) is 17.6 Å². The number of unbranched alkanes of at least 4 members (excludes halogenated alkanes) is 39. The number of thiophene rings is 10. The first kappa shape index (κ1) is 115. The topological polar surface area (TPSA) is 113 Å². The Bertz CT molecular complexity index is 5740. The van der Waals surface area contributed by atoms with Crippen LogP contribution in [-0.4, -0.2) is 30.2 Å². The van der Waals surface area contributed by atoms with E-state index in [2.05, 4.69) is 170 Å². The Balaban J connectivity index is 0.000000291. The standard InChI is InChI=1S/C66H58F4N8S6.C41H59S4.3C4H9.Sn/c1-7-9-11-13-15-17-19-21-23-25-27-41-33-53(55-35-43-57(45(37-71)75-3)65(67,68)59(63(43)83-55)47(39-73)77-5)81-61(41)51-31-29-49(79-51)50-30-32-52(80-50)62-42(28-26-24-22-20-18-16-14-12-10-8-2)34-54(82-62)56-36-44-58(46(38-72)76-4)66(69,70)60(64(44)84-56)48(40-74)78-6;1-4-6-8-10-12-14-16-18-20-22-24-34-30-31-42-40(34)38-28-26-36(44-38)37-27-29-39(45-37)41-35(32-33(3)43-41)25-23-21-19-17-15-13-11-9-7-5-2;3*1-3-4-2;/h29-36H,7-28H2,1-2H3;26-30,32H,4-25H2,1-3H3;3*1,3-4H2,2H3;/b57-45-,58-46+,59-47-,60-48+;;;;;. The summed E-state index contributed by atoms with van der Waals surface area (Å²) < 4.78 is 71.3. The summed E-state index contributed by atoms with van der Waals surface area (Å²) in [4.78, 5) is 32.3. The Morgan fingerprint density at radius 2 is 0.486 bits per heavy atom. The van der Waals surface area contributed by atoms with Gasteiger partial charge in [0.15, 0.2) is 0 Å². The minimum atomic E-state index is -3.88. The van der Waals surface area contributed by atoms with E-state index in [1.807, 2.05) is 25.6 Å². The van der Waals surface area contributed by atoms with Gasteiger partial charge in [-0.1, -0.05) is 214 Å². The molecule has 0 saturated heterocycles. The molecule has 0 spiro atoms. The van der Waals surface area contributed by atoms with Gasteiger partial charge in [0.2, 0.25) is 0 Å². The van der Waals surface area contributed by atoms with Crippen LogP contribution in [0.5, 0.6) is 0 Å². The zero-order valence-corrected chi connectivity index (χ0v) is 96.3. The second-order valence-corrected chi connectivity index (χ2v) is 63.7. The van der Waals surface area contributed by atoms with Gasteiger partial charge in [0.25, 0.3) is 34.6 Å². The molecule has 0 amide bonds. The largest absolute Gasteiger partial charge is 0.284 e. The molecule has 0 aromatic carbocycles. The maximum absolute atomic E-state index is 16.2. The molecule has 12 rings (SSSR count). The van der Waals surface area contributed by atoms with Crippen molar-refractivity contribution in [2.45, 2.75) is 402 Å². The number of hydrogen-bond donors (Lipinski definition) is 0. The summed E-state index contributed by atoms with van der Waals surface area (Å²) >= 11 is 14.4. The van der Waals surface area contributed by atoms with E-state index in [4.69, 9.17) is 26.3 Å². The number of rotatable bonds is 62. The second kappa shape index (κ2) is 60.0. The van der Waals surface area contributed by atoms with Gasteiger partial charge in [-0.3, -0.25) is 0 Å². The van der Waals surface area contributed by atoms with Gasteiger partial charge >= 0.3 is 285 Å². The molecule has 0 unspecified atom stereocenters. The van der Waals surface area contributed by atoms with Crippen LogP contribution in [0.3, 0.4) is 0 Å². The van der Waals surface area contributed by atoms with Gasteiger partial charge in [0.1, 0.15) is 0 Å². The van der Waals surface area contributed by atoms with Gasteiger partial charge in [-0.25, -0.2) is 40.4 Å². The predicted molar refractivity (Wildman–Crippen MR) is 613 cm³/mol. The summed E-state index contributed by atoms with van der Waals surface area (Å²) in [7, 11) is 0. The summed E-state index contributed by atoms with van der Waals surface area (Å²) in [6, 6.07) is 37.4. The van der Waals surface area contributed by atoms with E-state index in [0.717, 1.165) is 124 Å². The molecule has 0 aliphatic heterocycles. The molecule has 0 atom stereocenters.